The van der Waals surface area contributed by atoms with Gasteiger partial charge in [-0.05, 0) is 30.7 Å². The third kappa shape index (κ3) is 2.69. The summed E-state index contributed by atoms with van der Waals surface area (Å²) in [6.45, 7) is 1.94. The van der Waals surface area contributed by atoms with Crippen LogP contribution in [0.3, 0.4) is 0 Å². The van der Waals surface area contributed by atoms with Gasteiger partial charge < -0.3 is 14.6 Å². The average molecular weight is 259 g/mol. The monoisotopic (exact) mass is 259 g/mol. The van der Waals surface area contributed by atoms with E-state index in [1.54, 1.807) is 20.4 Å². The molecule has 0 fully saturated rings. The van der Waals surface area contributed by atoms with Crippen molar-refractivity contribution in [2.24, 2.45) is 0 Å². The number of rotatable bonds is 4. The van der Waals surface area contributed by atoms with Crippen LogP contribution in [0.5, 0.6) is 11.5 Å². The highest BCUT2D eigenvalue weighted by molar-refractivity contribution is 5.66. The largest absolute Gasteiger partial charge is 0.496 e. The number of benzene rings is 1. The summed E-state index contributed by atoms with van der Waals surface area (Å²) in [5, 5.41) is 9.02. The molecular weight excluding hydrogens is 242 g/mol. The van der Waals surface area contributed by atoms with Crippen molar-refractivity contribution in [3.8, 4) is 22.8 Å². The molecule has 4 nitrogen and oxygen atoms in total. The molecule has 0 aliphatic rings. The number of aliphatic hydroxyl groups is 1. The predicted molar refractivity (Wildman–Crippen MR) is 73.4 cm³/mol. The van der Waals surface area contributed by atoms with Crippen molar-refractivity contribution in [1.29, 1.82) is 0 Å². The molecule has 0 radical (unpaired) electrons. The number of hydrogen-bond donors (Lipinski definition) is 1. The van der Waals surface area contributed by atoms with Crippen LogP contribution in [-0.4, -0.2) is 24.3 Å². The highest BCUT2D eigenvalue weighted by atomic mass is 16.5. The predicted octanol–water partition coefficient (Wildman–Crippen LogP) is 2.57. The van der Waals surface area contributed by atoms with Crippen LogP contribution >= 0.6 is 0 Å². The minimum absolute atomic E-state index is 0.00613. The molecule has 100 valence electrons. The van der Waals surface area contributed by atoms with E-state index in [0.29, 0.717) is 0 Å². The number of nitrogens with zero attached hydrogens (tertiary/aromatic N) is 1. The van der Waals surface area contributed by atoms with Crippen molar-refractivity contribution >= 4 is 0 Å². The van der Waals surface area contributed by atoms with Gasteiger partial charge in [-0.25, -0.2) is 0 Å². The molecule has 0 atom stereocenters. The summed E-state index contributed by atoms with van der Waals surface area (Å²) >= 11 is 0. The second kappa shape index (κ2) is 5.71. The Morgan fingerprint density at radius 3 is 2.16 bits per heavy atom. The number of pyridine rings is 1. The number of aliphatic hydroxyl groups excluding tert-OH is 1. The summed E-state index contributed by atoms with van der Waals surface area (Å²) < 4.78 is 10.7. The second-order valence-corrected chi connectivity index (χ2v) is 4.22. The Morgan fingerprint density at radius 1 is 1.11 bits per heavy atom. The Kier molecular flexibility index (Phi) is 4.02. The highest BCUT2D eigenvalue weighted by Crippen LogP contribution is 2.33. The normalized spacial score (nSPS) is 10.3. The fourth-order valence-electron chi connectivity index (χ4n) is 1.92. The van der Waals surface area contributed by atoms with Gasteiger partial charge in [0.1, 0.15) is 11.5 Å². The molecule has 19 heavy (non-hydrogen) atoms. The van der Waals surface area contributed by atoms with E-state index in [4.69, 9.17) is 14.6 Å². The van der Waals surface area contributed by atoms with Gasteiger partial charge in [-0.15, -0.1) is 0 Å². The maximum atomic E-state index is 9.02. The van der Waals surface area contributed by atoms with E-state index in [9.17, 15) is 0 Å². The molecule has 0 spiro atoms. The fourth-order valence-corrected chi connectivity index (χ4v) is 1.92. The molecule has 1 aromatic carbocycles. The van der Waals surface area contributed by atoms with Crippen LogP contribution in [0.15, 0.2) is 30.5 Å². The fraction of sp³-hybridized carbons (Fsp3) is 0.267. The van der Waals surface area contributed by atoms with Gasteiger partial charge in [0.2, 0.25) is 0 Å². The lowest BCUT2D eigenvalue weighted by Gasteiger charge is -2.12. The van der Waals surface area contributed by atoms with E-state index < -0.39 is 0 Å². The Balaban J connectivity index is 2.48. The molecule has 1 N–H and O–H groups in total. The summed E-state index contributed by atoms with van der Waals surface area (Å²) in [4.78, 5) is 4.33. The Labute approximate surface area is 112 Å². The molecule has 1 aromatic heterocycles. The Hall–Kier alpha value is -2.07. The van der Waals surface area contributed by atoms with E-state index in [1.807, 2.05) is 31.2 Å². The lowest BCUT2D eigenvalue weighted by Crippen LogP contribution is -1.95. The van der Waals surface area contributed by atoms with Gasteiger partial charge in [0, 0.05) is 17.3 Å². The number of aromatic nitrogens is 1. The third-order valence-corrected chi connectivity index (χ3v) is 3.06. The Morgan fingerprint density at radius 2 is 1.74 bits per heavy atom. The maximum Gasteiger partial charge on any atom is 0.126 e. The molecule has 0 aliphatic heterocycles. The Bertz CT molecular complexity index is 539. The van der Waals surface area contributed by atoms with Gasteiger partial charge in [-0.2, -0.15) is 0 Å². The van der Waals surface area contributed by atoms with Crippen LogP contribution in [0.25, 0.3) is 11.3 Å². The lowest BCUT2D eigenvalue weighted by molar-refractivity contribution is 0.281. The zero-order chi connectivity index (χ0) is 13.8. The van der Waals surface area contributed by atoms with Gasteiger partial charge in [0.15, 0.2) is 0 Å². The zero-order valence-corrected chi connectivity index (χ0v) is 11.3. The molecule has 2 aromatic rings. The van der Waals surface area contributed by atoms with Crippen molar-refractivity contribution < 1.29 is 14.6 Å². The smallest absolute Gasteiger partial charge is 0.126 e. The topological polar surface area (TPSA) is 51.6 Å². The van der Waals surface area contributed by atoms with E-state index in [1.165, 1.54) is 0 Å². The van der Waals surface area contributed by atoms with Crippen molar-refractivity contribution in [3.05, 3.63) is 41.6 Å². The molecule has 0 aliphatic carbocycles. The van der Waals surface area contributed by atoms with E-state index in [-0.39, 0.29) is 6.61 Å². The van der Waals surface area contributed by atoms with Crippen molar-refractivity contribution in [2.75, 3.05) is 14.2 Å². The molecule has 0 saturated carbocycles. The molecule has 1 heterocycles. The molecule has 2 rings (SSSR count). The first-order valence-corrected chi connectivity index (χ1v) is 5.98. The minimum atomic E-state index is -0.00613. The van der Waals surface area contributed by atoms with Gasteiger partial charge in [-0.3, -0.25) is 4.98 Å². The standard InChI is InChI=1S/C15H17NO3/c1-10-14(18-2)6-12(7-15(10)19-3)13-5-4-11(9-17)8-16-13/h4-8,17H,9H2,1-3H3. The van der Waals surface area contributed by atoms with Crippen molar-refractivity contribution in [3.63, 3.8) is 0 Å². The summed E-state index contributed by atoms with van der Waals surface area (Å²) in [6, 6.07) is 7.58. The third-order valence-electron chi connectivity index (χ3n) is 3.06. The van der Waals surface area contributed by atoms with Crippen LogP contribution < -0.4 is 9.47 Å². The van der Waals surface area contributed by atoms with Crippen LogP contribution in [0, 0.1) is 6.92 Å². The minimum Gasteiger partial charge on any atom is -0.496 e. The van der Waals surface area contributed by atoms with E-state index in [2.05, 4.69) is 4.98 Å². The van der Waals surface area contributed by atoms with Crippen molar-refractivity contribution in [2.45, 2.75) is 13.5 Å². The van der Waals surface area contributed by atoms with Crippen LogP contribution in [-0.2, 0) is 6.61 Å². The van der Waals surface area contributed by atoms with Gasteiger partial charge in [0.05, 0.1) is 26.5 Å². The number of hydrogen-bond acceptors (Lipinski definition) is 4. The van der Waals surface area contributed by atoms with Crippen LogP contribution in [0.1, 0.15) is 11.1 Å². The highest BCUT2D eigenvalue weighted by Gasteiger charge is 2.10. The molecule has 0 amide bonds. The average Bonchev–Trinajstić information content (AvgIpc) is 2.47. The van der Waals surface area contributed by atoms with Gasteiger partial charge in [-0.1, -0.05) is 6.07 Å². The second-order valence-electron chi connectivity index (χ2n) is 4.22. The molecule has 4 heteroatoms. The SMILES string of the molecule is COc1cc(-c2ccc(CO)cn2)cc(OC)c1C. The first-order valence-electron chi connectivity index (χ1n) is 5.98. The summed E-state index contributed by atoms with van der Waals surface area (Å²) in [6.07, 6.45) is 1.66. The number of methoxy groups -OCH3 is 2. The lowest BCUT2D eigenvalue weighted by atomic mass is 10.1. The molecule has 0 bridgehead atoms. The maximum absolute atomic E-state index is 9.02. The summed E-state index contributed by atoms with van der Waals surface area (Å²) in [5.74, 6) is 1.53. The summed E-state index contributed by atoms with van der Waals surface area (Å²) in [7, 11) is 3.27. The summed E-state index contributed by atoms with van der Waals surface area (Å²) in [5.41, 5.74) is 3.48. The van der Waals surface area contributed by atoms with Crippen LogP contribution in [0.4, 0.5) is 0 Å². The molecule has 0 unspecified atom stereocenters. The quantitative estimate of drug-likeness (QED) is 0.916. The molecule has 0 saturated heterocycles. The van der Waals surface area contributed by atoms with Gasteiger partial charge >= 0.3 is 0 Å². The number of ether oxygens (including phenoxy) is 2. The van der Waals surface area contributed by atoms with E-state index in [0.717, 1.165) is 33.9 Å². The van der Waals surface area contributed by atoms with Crippen LogP contribution in [0.2, 0.25) is 0 Å². The van der Waals surface area contributed by atoms with E-state index >= 15 is 0 Å². The van der Waals surface area contributed by atoms with Crippen molar-refractivity contribution in [1.82, 2.24) is 4.98 Å². The first-order chi connectivity index (χ1) is 9.19. The first kappa shape index (κ1) is 13.4. The molecular formula is C15H17NO3. The van der Waals surface area contributed by atoms with Gasteiger partial charge in [0.25, 0.3) is 0 Å². The zero-order valence-electron chi connectivity index (χ0n) is 11.3.